The van der Waals surface area contributed by atoms with E-state index in [1.54, 1.807) is 0 Å². The van der Waals surface area contributed by atoms with Gasteiger partial charge in [0, 0.05) is 11.4 Å². The van der Waals surface area contributed by atoms with Gasteiger partial charge in [-0.2, -0.15) is 0 Å². The van der Waals surface area contributed by atoms with Crippen LogP contribution >= 0.6 is 11.6 Å². The Morgan fingerprint density at radius 1 is 1.47 bits per heavy atom. The first kappa shape index (κ1) is 12.4. The second kappa shape index (κ2) is 5.52. The molecule has 3 nitrogen and oxygen atoms in total. The Balaban J connectivity index is 1.84. The van der Waals surface area contributed by atoms with E-state index in [2.05, 4.69) is 10.6 Å². The van der Waals surface area contributed by atoms with E-state index < -0.39 is 0 Å². The first-order valence-corrected chi connectivity index (χ1v) is 6.28. The third-order valence-electron chi connectivity index (χ3n) is 3.09. The Morgan fingerprint density at radius 3 is 2.65 bits per heavy atom. The molecule has 1 unspecified atom stereocenters. The van der Waals surface area contributed by atoms with Crippen LogP contribution in [0.1, 0.15) is 24.9 Å². The quantitative estimate of drug-likeness (QED) is 0.862. The summed E-state index contributed by atoms with van der Waals surface area (Å²) in [5.74, 6) is 0.631. The van der Waals surface area contributed by atoms with Crippen molar-refractivity contribution in [1.29, 1.82) is 0 Å². The van der Waals surface area contributed by atoms with Crippen LogP contribution in [0.5, 0.6) is 0 Å². The molecule has 92 valence electrons. The van der Waals surface area contributed by atoms with E-state index >= 15 is 0 Å². The van der Waals surface area contributed by atoms with Crippen molar-refractivity contribution in [1.82, 2.24) is 10.6 Å². The zero-order chi connectivity index (χ0) is 12.3. The van der Waals surface area contributed by atoms with Crippen molar-refractivity contribution >= 4 is 17.5 Å². The molecule has 0 aliphatic carbocycles. The van der Waals surface area contributed by atoms with E-state index in [9.17, 15) is 4.79 Å². The maximum Gasteiger partial charge on any atom is 0.220 e. The zero-order valence-corrected chi connectivity index (χ0v) is 10.6. The Labute approximate surface area is 107 Å². The van der Waals surface area contributed by atoms with E-state index in [1.165, 1.54) is 0 Å². The topological polar surface area (TPSA) is 41.1 Å². The van der Waals surface area contributed by atoms with Gasteiger partial charge in [-0.1, -0.05) is 23.7 Å². The SMILES string of the molecule is CC(NC(=O)CC1CNC1)c1ccc(Cl)cc1. The molecule has 2 rings (SSSR count). The van der Waals surface area contributed by atoms with Gasteiger partial charge in [-0.25, -0.2) is 0 Å². The van der Waals surface area contributed by atoms with Crippen LogP contribution in [-0.2, 0) is 4.79 Å². The van der Waals surface area contributed by atoms with Gasteiger partial charge < -0.3 is 10.6 Å². The number of carbonyl (C=O) groups excluding carboxylic acids is 1. The number of halogens is 1. The van der Waals surface area contributed by atoms with Crippen molar-refractivity contribution in [3.8, 4) is 0 Å². The van der Waals surface area contributed by atoms with Gasteiger partial charge in [-0.15, -0.1) is 0 Å². The molecule has 0 bridgehead atoms. The fraction of sp³-hybridized carbons (Fsp3) is 0.462. The molecule has 0 spiro atoms. The second-order valence-corrected chi connectivity index (χ2v) is 5.01. The molecule has 1 saturated heterocycles. The van der Waals surface area contributed by atoms with Gasteiger partial charge in [-0.3, -0.25) is 4.79 Å². The molecule has 1 atom stereocenters. The molecule has 1 amide bonds. The van der Waals surface area contributed by atoms with Gasteiger partial charge in [-0.05, 0) is 43.6 Å². The van der Waals surface area contributed by atoms with Gasteiger partial charge in [0.1, 0.15) is 0 Å². The predicted molar refractivity (Wildman–Crippen MR) is 69.0 cm³/mol. The van der Waals surface area contributed by atoms with E-state index in [1.807, 2.05) is 31.2 Å². The lowest BCUT2D eigenvalue weighted by Crippen LogP contribution is -2.44. The van der Waals surface area contributed by atoms with Crippen LogP contribution in [0.2, 0.25) is 5.02 Å². The molecule has 1 aromatic rings. The lowest BCUT2D eigenvalue weighted by Gasteiger charge is -2.27. The van der Waals surface area contributed by atoms with E-state index in [4.69, 9.17) is 11.6 Å². The Morgan fingerprint density at radius 2 is 2.12 bits per heavy atom. The number of nitrogens with one attached hydrogen (secondary N) is 2. The van der Waals surface area contributed by atoms with E-state index in [-0.39, 0.29) is 11.9 Å². The van der Waals surface area contributed by atoms with Gasteiger partial charge in [0.05, 0.1) is 6.04 Å². The second-order valence-electron chi connectivity index (χ2n) is 4.57. The lowest BCUT2D eigenvalue weighted by atomic mass is 9.98. The maximum atomic E-state index is 11.7. The Kier molecular flexibility index (Phi) is 4.02. The average Bonchev–Trinajstić information content (AvgIpc) is 2.24. The molecule has 1 aliphatic rings. The molecule has 2 N–H and O–H groups in total. The van der Waals surface area contributed by atoms with Crippen LogP contribution in [0, 0.1) is 5.92 Å². The van der Waals surface area contributed by atoms with Gasteiger partial charge in [0.2, 0.25) is 5.91 Å². The van der Waals surface area contributed by atoms with Crippen LogP contribution in [0.25, 0.3) is 0 Å². The summed E-state index contributed by atoms with van der Waals surface area (Å²) in [6.07, 6.45) is 0.616. The zero-order valence-electron chi connectivity index (χ0n) is 9.87. The van der Waals surface area contributed by atoms with E-state index in [0.29, 0.717) is 17.4 Å². The smallest absolute Gasteiger partial charge is 0.220 e. The summed E-state index contributed by atoms with van der Waals surface area (Å²) in [5, 5.41) is 6.88. The van der Waals surface area contributed by atoms with Crippen molar-refractivity contribution in [2.24, 2.45) is 5.92 Å². The first-order chi connectivity index (χ1) is 8.15. The lowest BCUT2D eigenvalue weighted by molar-refractivity contribution is -0.123. The largest absolute Gasteiger partial charge is 0.350 e. The number of hydrogen-bond acceptors (Lipinski definition) is 2. The third kappa shape index (κ3) is 3.45. The number of hydrogen-bond donors (Lipinski definition) is 2. The van der Waals surface area contributed by atoms with E-state index in [0.717, 1.165) is 18.7 Å². The van der Waals surface area contributed by atoms with Crippen LogP contribution in [0.4, 0.5) is 0 Å². The average molecular weight is 253 g/mol. The maximum absolute atomic E-state index is 11.7. The predicted octanol–water partition coefficient (Wildman–Crippen LogP) is 2.13. The molecule has 1 aliphatic heterocycles. The highest BCUT2D eigenvalue weighted by Crippen LogP contribution is 2.17. The summed E-state index contributed by atoms with van der Waals surface area (Å²) in [5.41, 5.74) is 1.08. The Hall–Kier alpha value is -1.06. The normalized spacial score (nSPS) is 17.3. The molecule has 0 saturated carbocycles. The Bertz CT molecular complexity index is 387. The minimum Gasteiger partial charge on any atom is -0.350 e. The number of amides is 1. The van der Waals surface area contributed by atoms with Crippen LogP contribution in [0.15, 0.2) is 24.3 Å². The summed E-state index contributed by atoms with van der Waals surface area (Å²) >= 11 is 5.82. The third-order valence-corrected chi connectivity index (χ3v) is 3.34. The van der Waals surface area contributed by atoms with Crippen LogP contribution in [0.3, 0.4) is 0 Å². The minimum atomic E-state index is 0.0350. The molecular formula is C13H17ClN2O. The van der Waals surface area contributed by atoms with Crippen LogP contribution < -0.4 is 10.6 Å². The monoisotopic (exact) mass is 252 g/mol. The number of rotatable bonds is 4. The number of carbonyl (C=O) groups is 1. The van der Waals surface area contributed by atoms with Crippen LogP contribution in [-0.4, -0.2) is 19.0 Å². The standard InChI is InChI=1S/C13H17ClN2O/c1-9(11-2-4-12(14)5-3-11)16-13(17)6-10-7-15-8-10/h2-5,9-10,15H,6-8H2,1H3,(H,16,17). The summed E-state index contributed by atoms with van der Waals surface area (Å²) in [7, 11) is 0. The molecule has 0 radical (unpaired) electrons. The minimum absolute atomic E-state index is 0.0350. The summed E-state index contributed by atoms with van der Waals surface area (Å²) in [6.45, 7) is 3.91. The van der Waals surface area contributed by atoms with Crippen molar-refractivity contribution in [3.63, 3.8) is 0 Å². The van der Waals surface area contributed by atoms with Gasteiger partial charge in [0.25, 0.3) is 0 Å². The van der Waals surface area contributed by atoms with Crippen molar-refractivity contribution in [2.75, 3.05) is 13.1 Å². The van der Waals surface area contributed by atoms with Crippen molar-refractivity contribution in [3.05, 3.63) is 34.9 Å². The summed E-state index contributed by atoms with van der Waals surface area (Å²) in [4.78, 5) is 11.7. The van der Waals surface area contributed by atoms with Gasteiger partial charge >= 0.3 is 0 Å². The molecule has 1 heterocycles. The molecule has 1 fully saturated rings. The fourth-order valence-electron chi connectivity index (χ4n) is 1.89. The summed E-state index contributed by atoms with van der Waals surface area (Å²) in [6, 6.07) is 7.61. The molecule has 17 heavy (non-hydrogen) atoms. The first-order valence-electron chi connectivity index (χ1n) is 5.90. The molecular weight excluding hydrogens is 236 g/mol. The van der Waals surface area contributed by atoms with Crippen molar-refractivity contribution in [2.45, 2.75) is 19.4 Å². The van der Waals surface area contributed by atoms with Crippen molar-refractivity contribution < 1.29 is 4.79 Å². The molecule has 4 heteroatoms. The highest BCUT2D eigenvalue weighted by molar-refractivity contribution is 6.30. The highest BCUT2D eigenvalue weighted by atomic mass is 35.5. The molecule has 0 aromatic heterocycles. The highest BCUT2D eigenvalue weighted by Gasteiger charge is 2.20. The van der Waals surface area contributed by atoms with Gasteiger partial charge in [0.15, 0.2) is 0 Å². The summed E-state index contributed by atoms with van der Waals surface area (Å²) < 4.78 is 0. The molecule has 1 aromatic carbocycles. The number of benzene rings is 1. The fourth-order valence-corrected chi connectivity index (χ4v) is 2.02.